The summed E-state index contributed by atoms with van der Waals surface area (Å²) in [6, 6.07) is 1.92. The van der Waals surface area contributed by atoms with Crippen molar-refractivity contribution in [2.45, 2.75) is 32.2 Å². The maximum absolute atomic E-state index is 11.5. The van der Waals surface area contributed by atoms with Crippen molar-refractivity contribution in [2.24, 2.45) is 0 Å². The largest absolute Gasteiger partial charge is 0.354 e. The Bertz CT molecular complexity index is 352. The van der Waals surface area contributed by atoms with Gasteiger partial charge in [0.25, 0.3) is 5.91 Å². The Labute approximate surface area is 83.3 Å². The number of aryl methyl sites for hydroxylation is 1. The summed E-state index contributed by atoms with van der Waals surface area (Å²) < 4.78 is 1.77. The number of nitrogens with one attached hydrogen (secondary N) is 1. The number of carbonyl (C=O) groups excluding carboxylic acids is 1. The van der Waals surface area contributed by atoms with Gasteiger partial charge in [-0.15, -0.1) is 0 Å². The van der Waals surface area contributed by atoms with E-state index < -0.39 is 0 Å². The number of hydrogen-bond acceptors (Lipinski definition) is 2. The third-order valence-electron chi connectivity index (χ3n) is 2.55. The Balaban J connectivity index is 2.31. The fourth-order valence-electron chi connectivity index (χ4n) is 1.57. The average molecular weight is 193 g/mol. The summed E-state index contributed by atoms with van der Waals surface area (Å²) in [6.07, 6.45) is 2.43. The SMILES string of the molecule is CCn1nc(C2CC2)cc1C(=O)NC. The van der Waals surface area contributed by atoms with Crippen LogP contribution in [0, 0.1) is 0 Å². The molecule has 1 heterocycles. The zero-order chi connectivity index (χ0) is 10.1. The molecule has 0 radical (unpaired) electrons. The monoisotopic (exact) mass is 193 g/mol. The zero-order valence-corrected chi connectivity index (χ0v) is 8.58. The lowest BCUT2D eigenvalue weighted by molar-refractivity contribution is 0.0952. The van der Waals surface area contributed by atoms with Gasteiger partial charge in [0.2, 0.25) is 0 Å². The molecule has 4 heteroatoms. The van der Waals surface area contributed by atoms with Crippen LogP contribution >= 0.6 is 0 Å². The lowest BCUT2D eigenvalue weighted by Crippen LogP contribution is -2.21. The Morgan fingerprint density at radius 2 is 2.43 bits per heavy atom. The van der Waals surface area contributed by atoms with E-state index in [1.807, 2.05) is 13.0 Å². The molecule has 14 heavy (non-hydrogen) atoms. The molecular formula is C10H15N3O. The molecule has 1 aliphatic carbocycles. The molecule has 1 aliphatic rings. The second-order valence-electron chi connectivity index (χ2n) is 3.62. The lowest BCUT2D eigenvalue weighted by atomic mass is 10.2. The first-order valence-corrected chi connectivity index (χ1v) is 5.06. The van der Waals surface area contributed by atoms with Gasteiger partial charge in [-0.3, -0.25) is 9.48 Å². The second kappa shape index (κ2) is 3.44. The molecule has 0 spiro atoms. The van der Waals surface area contributed by atoms with Gasteiger partial charge in [0.15, 0.2) is 0 Å². The highest BCUT2D eigenvalue weighted by molar-refractivity contribution is 5.92. The van der Waals surface area contributed by atoms with Crippen molar-refractivity contribution in [3.8, 4) is 0 Å². The normalized spacial score (nSPS) is 15.6. The standard InChI is InChI=1S/C10H15N3O/c1-3-13-9(10(14)11-2)6-8(12-13)7-4-5-7/h6-7H,3-5H2,1-2H3,(H,11,14). The van der Waals surface area contributed by atoms with Crippen molar-refractivity contribution in [3.63, 3.8) is 0 Å². The van der Waals surface area contributed by atoms with Crippen molar-refractivity contribution < 1.29 is 4.79 Å². The number of carbonyl (C=O) groups is 1. The molecule has 1 aromatic rings. The summed E-state index contributed by atoms with van der Waals surface area (Å²) in [7, 11) is 1.64. The average Bonchev–Trinajstić information content (AvgIpc) is 2.97. The molecule has 4 nitrogen and oxygen atoms in total. The summed E-state index contributed by atoms with van der Waals surface area (Å²) in [4.78, 5) is 11.5. The van der Waals surface area contributed by atoms with Gasteiger partial charge in [-0.1, -0.05) is 0 Å². The quantitative estimate of drug-likeness (QED) is 0.782. The van der Waals surface area contributed by atoms with Crippen LogP contribution in [0.15, 0.2) is 6.07 Å². The fraction of sp³-hybridized carbons (Fsp3) is 0.600. The second-order valence-corrected chi connectivity index (χ2v) is 3.62. The van der Waals surface area contributed by atoms with Crippen LogP contribution in [0.1, 0.15) is 41.9 Å². The summed E-state index contributed by atoms with van der Waals surface area (Å²) in [5, 5.41) is 7.04. The zero-order valence-electron chi connectivity index (χ0n) is 8.58. The minimum atomic E-state index is -0.0498. The molecule has 0 aromatic carbocycles. The summed E-state index contributed by atoms with van der Waals surface area (Å²) in [5.41, 5.74) is 1.75. The van der Waals surface area contributed by atoms with Crippen molar-refractivity contribution in [2.75, 3.05) is 7.05 Å². The molecule has 0 aliphatic heterocycles. The predicted molar refractivity (Wildman–Crippen MR) is 53.3 cm³/mol. The molecule has 1 aromatic heterocycles. The topological polar surface area (TPSA) is 46.9 Å². The minimum Gasteiger partial charge on any atom is -0.354 e. The molecule has 1 fully saturated rings. The van der Waals surface area contributed by atoms with E-state index in [4.69, 9.17) is 0 Å². The number of hydrogen-bond donors (Lipinski definition) is 1. The van der Waals surface area contributed by atoms with Crippen LogP contribution in [0.5, 0.6) is 0 Å². The summed E-state index contributed by atoms with van der Waals surface area (Å²) in [6.45, 7) is 2.74. The van der Waals surface area contributed by atoms with Crippen LogP contribution in [-0.2, 0) is 6.54 Å². The Hall–Kier alpha value is -1.32. The molecular weight excluding hydrogens is 178 g/mol. The number of nitrogens with zero attached hydrogens (tertiary/aromatic N) is 2. The number of amides is 1. The molecule has 0 atom stereocenters. The van der Waals surface area contributed by atoms with Gasteiger partial charge in [-0.25, -0.2) is 0 Å². The summed E-state index contributed by atoms with van der Waals surface area (Å²) >= 11 is 0. The van der Waals surface area contributed by atoms with Gasteiger partial charge in [0.1, 0.15) is 5.69 Å². The minimum absolute atomic E-state index is 0.0498. The third-order valence-corrected chi connectivity index (χ3v) is 2.55. The predicted octanol–water partition coefficient (Wildman–Crippen LogP) is 1.14. The molecule has 1 amide bonds. The first-order valence-electron chi connectivity index (χ1n) is 5.06. The Morgan fingerprint density at radius 1 is 1.71 bits per heavy atom. The van der Waals surface area contributed by atoms with Crippen molar-refractivity contribution in [1.29, 1.82) is 0 Å². The van der Waals surface area contributed by atoms with Gasteiger partial charge in [-0.05, 0) is 25.8 Å². The highest BCUT2D eigenvalue weighted by atomic mass is 16.1. The maximum atomic E-state index is 11.5. The number of aromatic nitrogens is 2. The van der Waals surface area contributed by atoms with Gasteiger partial charge < -0.3 is 5.32 Å². The van der Waals surface area contributed by atoms with Gasteiger partial charge in [-0.2, -0.15) is 5.10 Å². The molecule has 76 valence electrons. The Kier molecular flexibility index (Phi) is 2.27. The maximum Gasteiger partial charge on any atom is 0.269 e. The first-order chi connectivity index (χ1) is 6.76. The smallest absolute Gasteiger partial charge is 0.269 e. The first kappa shape index (κ1) is 9.24. The van der Waals surface area contributed by atoms with E-state index in [9.17, 15) is 4.79 Å². The molecule has 1 saturated carbocycles. The van der Waals surface area contributed by atoms with Gasteiger partial charge in [0.05, 0.1) is 5.69 Å². The molecule has 0 bridgehead atoms. The van der Waals surface area contributed by atoms with E-state index in [2.05, 4.69) is 10.4 Å². The van der Waals surface area contributed by atoms with Gasteiger partial charge in [0, 0.05) is 19.5 Å². The van der Waals surface area contributed by atoms with E-state index in [-0.39, 0.29) is 5.91 Å². The van der Waals surface area contributed by atoms with Crippen LogP contribution in [0.2, 0.25) is 0 Å². The van der Waals surface area contributed by atoms with E-state index in [1.54, 1.807) is 11.7 Å². The van der Waals surface area contributed by atoms with Crippen LogP contribution < -0.4 is 5.32 Å². The van der Waals surface area contributed by atoms with Crippen molar-refractivity contribution in [1.82, 2.24) is 15.1 Å². The van der Waals surface area contributed by atoms with Gasteiger partial charge >= 0.3 is 0 Å². The van der Waals surface area contributed by atoms with Crippen molar-refractivity contribution in [3.05, 3.63) is 17.5 Å². The summed E-state index contributed by atoms with van der Waals surface area (Å²) in [5.74, 6) is 0.553. The third kappa shape index (κ3) is 1.52. The highest BCUT2D eigenvalue weighted by Gasteiger charge is 2.28. The molecule has 0 saturated heterocycles. The Morgan fingerprint density at radius 3 is 2.93 bits per heavy atom. The van der Waals surface area contributed by atoms with Crippen LogP contribution in [0.3, 0.4) is 0 Å². The molecule has 1 N–H and O–H groups in total. The molecule has 2 rings (SSSR count). The number of rotatable bonds is 3. The van der Waals surface area contributed by atoms with Crippen LogP contribution in [0.4, 0.5) is 0 Å². The van der Waals surface area contributed by atoms with Crippen LogP contribution in [0.25, 0.3) is 0 Å². The fourth-order valence-corrected chi connectivity index (χ4v) is 1.57. The molecule has 0 unspecified atom stereocenters. The van der Waals surface area contributed by atoms with E-state index in [0.29, 0.717) is 11.6 Å². The van der Waals surface area contributed by atoms with Crippen molar-refractivity contribution >= 4 is 5.91 Å². The van der Waals surface area contributed by atoms with E-state index in [1.165, 1.54) is 12.8 Å². The highest BCUT2D eigenvalue weighted by Crippen LogP contribution is 2.39. The van der Waals surface area contributed by atoms with Crippen LogP contribution in [-0.4, -0.2) is 22.7 Å². The van der Waals surface area contributed by atoms with E-state index >= 15 is 0 Å². The van der Waals surface area contributed by atoms with E-state index in [0.717, 1.165) is 12.2 Å². The lowest BCUT2D eigenvalue weighted by Gasteiger charge is -2.01.